The van der Waals surface area contributed by atoms with E-state index in [2.05, 4.69) is 26.3 Å². The van der Waals surface area contributed by atoms with Gasteiger partial charge in [-0.05, 0) is 92.5 Å². The molecule has 6 amide bonds. The Morgan fingerprint density at radius 2 is 1.75 bits per heavy atom. The number of benzene rings is 3. The van der Waals surface area contributed by atoms with E-state index in [-0.39, 0.29) is 53.7 Å². The molecule has 1 fully saturated rings. The summed E-state index contributed by atoms with van der Waals surface area (Å²) in [5.74, 6) is -2.09. The Bertz CT molecular complexity index is 2350. The molecule has 2 aliphatic heterocycles. The van der Waals surface area contributed by atoms with E-state index in [9.17, 15) is 33.6 Å². The number of aryl methyl sites for hydroxylation is 3. The van der Waals surface area contributed by atoms with Crippen LogP contribution in [0.15, 0.2) is 66.9 Å². The van der Waals surface area contributed by atoms with Crippen molar-refractivity contribution >= 4 is 53.0 Å². The lowest BCUT2D eigenvalue weighted by Crippen LogP contribution is -2.54. The van der Waals surface area contributed by atoms with Gasteiger partial charge in [-0.15, -0.1) is 5.10 Å². The highest BCUT2D eigenvalue weighted by molar-refractivity contribution is 6.26. The smallest absolute Gasteiger partial charge is 0.264 e. The first-order valence-corrected chi connectivity index (χ1v) is 20.4. The van der Waals surface area contributed by atoms with Crippen LogP contribution in [-0.4, -0.2) is 87.4 Å². The number of hydrogen-bond acceptors (Lipinski definition) is 11. The molecule has 3 N–H and O–H groups in total. The fourth-order valence-electron chi connectivity index (χ4n) is 7.30. The maximum absolute atomic E-state index is 13.4. The molecule has 318 valence electrons. The highest BCUT2D eigenvalue weighted by Gasteiger charge is 2.45. The van der Waals surface area contributed by atoms with E-state index in [1.165, 1.54) is 19.1 Å². The summed E-state index contributed by atoms with van der Waals surface area (Å²) in [6, 6.07) is 14.9. The van der Waals surface area contributed by atoms with Crippen LogP contribution in [0.4, 0.5) is 5.69 Å². The number of rotatable bonds is 20. The molecule has 6 rings (SSSR count). The molecule has 4 aromatic rings. The molecule has 61 heavy (non-hydrogen) atoms. The number of methoxy groups -OCH3 is 1. The van der Waals surface area contributed by atoms with Gasteiger partial charge < -0.3 is 20.1 Å². The molecule has 1 unspecified atom stereocenters. The molecule has 16 heteroatoms. The van der Waals surface area contributed by atoms with Crippen LogP contribution in [0.3, 0.4) is 0 Å². The van der Waals surface area contributed by atoms with Gasteiger partial charge in [0.1, 0.15) is 6.04 Å². The largest absolute Gasteiger partial charge is 0.493 e. The topological polar surface area (TPSA) is 208 Å². The number of hydrogen-bond donors (Lipinski definition) is 3. The predicted octanol–water partition coefficient (Wildman–Crippen LogP) is 4.65. The molecular weight excluding hydrogens is 783 g/mol. The molecule has 2 aliphatic rings. The summed E-state index contributed by atoms with van der Waals surface area (Å²) in [7, 11) is 1.54. The van der Waals surface area contributed by atoms with Crippen molar-refractivity contribution in [2.24, 2.45) is 0 Å². The van der Waals surface area contributed by atoms with Gasteiger partial charge in [-0.1, -0.05) is 48.0 Å². The summed E-state index contributed by atoms with van der Waals surface area (Å²) >= 11 is 0. The Balaban J connectivity index is 0.930. The van der Waals surface area contributed by atoms with Crippen molar-refractivity contribution in [1.29, 1.82) is 0 Å². The van der Waals surface area contributed by atoms with E-state index in [0.29, 0.717) is 56.0 Å². The van der Waals surface area contributed by atoms with Gasteiger partial charge in [-0.25, -0.2) is 0 Å². The number of carbonyl (C=O) groups is 7. The van der Waals surface area contributed by atoms with Crippen LogP contribution in [-0.2, 0) is 45.0 Å². The van der Waals surface area contributed by atoms with Gasteiger partial charge in [0.25, 0.3) is 11.8 Å². The zero-order valence-corrected chi connectivity index (χ0v) is 34.5. The molecule has 1 atom stereocenters. The third-order valence-corrected chi connectivity index (χ3v) is 10.4. The molecular formula is C45H49N7O9. The summed E-state index contributed by atoms with van der Waals surface area (Å²) in [6.07, 6.45) is 9.49. The second-order valence-electron chi connectivity index (χ2n) is 14.8. The fraction of sp³-hybridized carbons (Fsp3) is 0.356. The van der Waals surface area contributed by atoms with Crippen molar-refractivity contribution in [2.75, 3.05) is 25.6 Å². The van der Waals surface area contributed by atoms with Crippen LogP contribution in [0.5, 0.6) is 11.5 Å². The van der Waals surface area contributed by atoms with Crippen LogP contribution in [0.25, 0.3) is 6.08 Å². The van der Waals surface area contributed by atoms with Gasteiger partial charge in [0.05, 0.1) is 36.2 Å². The quantitative estimate of drug-likeness (QED) is 0.0484. The standard InChI is InChI=1S/C45H49N7O9/c1-4-61-39-26-34(31(25-38(39)60-3)22-23-46-28(2)53)37(54)20-17-30-14-12-29(13-15-30)16-18-32-27-51(50-49-32)24-7-5-6-11-40(55)47-35-10-8-9-33-42(35)45(59)52(44(33)58)36-19-21-41(56)48-43(36)57/h8-10,12-15,17,20,25-27,36H,4-7,11,16,18-19,21-24H2,1-3H3,(H,46,53)(H,47,55)(H,48,56,57)/b20-17+. The average molecular weight is 832 g/mol. The SMILES string of the molecule is CCOc1cc(C(=O)/C=C/c2ccc(CCc3cn(CCCCCC(=O)Nc4cccc5c4C(=O)N(C4CCC(=O)NC4=O)C5=O)nn3)cc2)c(CCNC(C)=O)cc1OC. The molecule has 1 saturated heterocycles. The van der Waals surface area contributed by atoms with Gasteiger partial charge in [-0.3, -0.25) is 48.5 Å². The number of fused-ring (bicyclic) bond motifs is 1. The Morgan fingerprint density at radius 1 is 0.951 bits per heavy atom. The lowest BCUT2D eigenvalue weighted by atomic mass is 9.98. The average Bonchev–Trinajstić information content (AvgIpc) is 3.80. The Morgan fingerprint density at radius 3 is 2.49 bits per heavy atom. The first-order chi connectivity index (χ1) is 29.4. The van der Waals surface area contributed by atoms with E-state index in [1.54, 1.807) is 42.1 Å². The number of imide groups is 2. The summed E-state index contributed by atoms with van der Waals surface area (Å²) < 4.78 is 13.0. The third kappa shape index (κ3) is 11.0. The number of allylic oxidation sites excluding steroid dienone is 1. The predicted molar refractivity (Wildman–Crippen MR) is 224 cm³/mol. The van der Waals surface area contributed by atoms with Crippen molar-refractivity contribution in [3.05, 3.63) is 106 Å². The van der Waals surface area contributed by atoms with Gasteiger partial charge in [0.15, 0.2) is 17.3 Å². The zero-order valence-electron chi connectivity index (χ0n) is 34.5. The summed E-state index contributed by atoms with van der Waals surface area (Å²) in [6.45, 7) is 4.73. The van der Waals surface area contributed by atoms with E-state index in [4.69, 9.17) is 9.47 Å². The first-order valence-electron chi connectivity index (χ1n) is 20.4. The van der Waals surface area contributed by atoms with E-state index >= 15 is 0 Å². The maximum atomic E-state index is 13.4. The van der Waals surface area contributed by atoms with Gasteiger partial charge in [0.2, 0.25) is 23.6 Å². The molecule has 0 aliphatic carbocycles. The van der Waals surface area contributed by atoms with Crippen LogP contribution in [0.2, 0.25) is 0 Å². The molecule has 0 bridgehead atoms. The highest BCUT2D eigenvalue weighted by Crippen LogP contribution is 2.33. The normalized spacial score (nSPS) is 14.9. The molecule has 0 radical (unpaired) electrons. The lowest BCUT2D eigenvalue weighted by Gasteiger charge is -2.27. The van der Waals surface area contributed by atoms with Crippen LogP contribution in [0.1, 0.15) is 106 Å². The number of nitrogens with zero attached hydrogens (tertiary/aromatic N) is 4. The minimum atomic E-state index is -1.09. The van der Waals surface area contributed by atoms with Crippen molar-refractivity contribution < 1.29 is 43.0 Å². The maximum Gasteiger partial charge on any atom is 0.264 e. The van der Waals surface area contributed by atoms with Gasteiger partial charge >= 0.3 is 0 Å². The number of nitrogens with one attached hydrogen (secondary N) is 3. The van der Waals surface area contributed by atoms with Crippen LogP contribution >= 0.6 is 0 Å². The van der Waals surface area contributed by atoms with Crippen molar-refractivity contribution in [3.63, 3.8) is 0 Å². The molecule has 3 aromatic carbocycles. The number of anilines is 1. The number of carbonyl (C=O) groups excluding carboxylic acids is 7. The molecule has 3 heterocycles. The first kappa shape index (κ1) is 43.6. The van der Waals surface area contributed by atoms with Crippen molar-refractivity contribution in [1.82, 2.24) is 30.5 Å². The van der Waals surface area contributed by atoms with E-state index < -0.39 is 29.7 Å². The Kier molecular flexibility index (Phi) is 14.5. The number of ether oxygens (including phenoxy) is 2. The monoisotopic (exact) mass is 831 g/mol. The number of unbranched alkanes of at least 4 members (excludes halogenated alkanes) is 2. The Hall–Kier alpha value is -6.97. The fourth-order valence-corrected chi connectivity index (χ4v) is 7.30. The van der Waals surface area contributed by atoms with E-state index in [0.717, 1.165) is 46.5 Å². The minimum absolute atomic E-state index is 0.0185. The highest BCUT2D eigenvalue weighted by atomic mass is 16.5. The van der Waals surface area contributed by atoms with Crippen LogP contribution in [0, 0.1) is 0 Å². The van der Waals surface area contributed by atoms with Crippen LogP contribution < -0.4 is 25.4 Å². The summed E-state index contributed by atoms with van der Waals surface area (Å²) in [5, 5.41) is 16.3. The number of ketones is 1. The van der Waals surface area contributed by atoms with Gasteiger partial charge in [0, 0.05) is 44.6 Å². The second-order valence-corrected chi connectivity index (χ2v) is 14.8. The molecule has 0 spiro atoms. The number of aromatic nitrogens is 3. The second kappa shape index (κ2) is 20.3. The number of piperidine rings is 1. The summed E-state index contributed by atoms with van der Waals surface area (Å²) in [4.78, 5) is 88.9. The zero-order chi connectivity index (χ0) is 43.5. The third-order valence-electron chi connectivity index (χ3n) is 10.4. The van der Waals surface area contributed by atoms with Gasteiger partial charge in [-0.2, -0.15) is 0 Å². The molecule has 1 aromatic heterocycles. The Labute approximate surface area is 353 Å². The minimum Gasteiger partial charge on any atom is -0.493 e. The van der Waals surface area contributed by atoms with E-state index in [1.807, 2.05) is 37.4 Å². The van der Waals surface area contributed by atoms with Crippen molar-refractivity contribution in [3.8, 4) is 11.5 Å². The number of amides is 6. The lowest BCUT2D eigenvalue weighted by molar-refractivity contribution is -0.136. The molecule has 16 nitrogen and oxygen atoms in total. The summed E-state index contributed by atoms with van der Waals surface area (Å²) in [5.41, 5.74) is 4.41. The van der Waals surface area contributed by atoms with Crippen molar-refractivity contribution in [2.45, 2.75) is 84.2 Å². The molecule has 0 saturated carbocycles.